The van der Waals surface area contributed by atoms with Crippen LogP contribution in [0.25, 0.3) is 0 Å². The van der Waals surface area contributed by atoms with Gasteiger partial charge in [0.15, 0.2) is 0 Å². The van der Waals surface area contributed by atoms with Gasteiger partial charge in [-0.25, -0.2) is 0 Å². The van der Waals surface area contributed by atoms with Crippen LogP contribution in [0.5, 0.6) is 0 Å². The lowest BCUT2D eigenvalue weighted by Crippen LogP contribution is -2.52. The fourth-order valence-electron chi connectivity index (χ4n) is 3.78. The van der Waals surface area contributed by atoms with Crippen molar-refractivity contribution in [2.24, 2.45) is 0 Å². The number of ether oxygens (including phenoxy) is 1. The molecular weight excluding hydrogens is 318 g/mol. The third kappa shape index (κ3) is 5.80. The van der Waals surface area contributed by atoms with Gasteiger partial charge in [-0.05, 0) is 32.3 Å². The average molecular weight is 349 g/mol. The van der Waals surface area contributed by atoms with Crippen LogP contribution in [0.4, 0.5) is 0 Å². The minimum Gasteiger partial charge on any atom is -0.376 e. The fraction of sp³-hybridized carbons (Fsp3) is 0.778. The summed E-state index contributed by atoms with van der Waals surface area (Å²) in [6, 6.07) is 2.57. The zero-order valence-electron chi connectivity index (χ0n) is 15.3. The van der Waals surface area contributed by atoms with Crippen molar-refractivity contribution >= 4 is 5.91 Å². The van der Waals surface area contributed by atoms with Gasteiger partial charge < -0.3 is 10.1 Å². The second-order valence-electron chi connectivity index (χ2n) is 7.16. The summed E-state index contributed by atoms with van der Waals surface area (Å²) < 4.78 is 7.52. The fourth-order valence-corrected chi connectivity index (χ4v) is 3.78. The Morgan fingerprint density at radius 1 is 1.32 bits per heavy atom. The van der Waals surface area contributed by atoms with Gasteiger partial charge in [-0.2, -0.15) is 5.10 Å². The first kappa shape index (κ1) is 18.4. The molecule has 2 aliphatic heterocycles. The first-order valence-corrected chi connectivity index (χ1v) is 9.53. The van der Waals surface area contributed by atoms with Crippen molar-refractivity contribution in [3.8, 4) is 0 Å². The van der Waals surface area contributed by atoms with Crippen molar-refractivity contribution in [3.63, 3.8) is 0 Å². The summed E-state index contributed by atoms with van der Waals surface area (Å²) in [4.78, 5) is 16.9. The number of rotatable bonds is 7. The summed E-state index contributed by atoms with van der Waals surface area (Å²) in [5, 5.41) is 7.18. The molecule has 25 heavy (non-hydrogen) atoms. The summed E-state index contributed by atoms with van der Waals surface area (Å²) in [5.41, 5.74) is 0. The summed E-state index contributed by atoms with van der Waals surface area (Å²) in [7, 11) is 0. The van der Waals surface area contributed by atoms with Gasteiger partial charge in [0.05, 0.1) is 19.3 Å². The molecule has 2 saturated heterocycles. The van der Waals surface area contributed by atoms with Gasteiger partial charge in [0.2, 0.25) is 5.91 Å². The minimum atomic E-state index is 0.138. The number of hydrogen-bond acceptors (Lipinski definition) is 5. The molecule has 7 heteroatoms. The maximum Gasteiger partial charge on any atom is 0.234 e. The Morgan fingerprint density at radius 2 is 2.16 bits per heavy atom. The molecule has 1 aromatic rings. The number of piperidine rings is 1. The first-order chi connectivity index (χ1) is 12.2. The van der Waals surface area contributed by atoms with Crippen LogP contribution in [-0.2, 0) is 16.1 Å². The highest BCUT2D eigenvalue weighted by Crippen LogP contribution is 2.19. The normalized spacial score (nSPS) is 23.6. The van der Waals surface area contributed by atoms with Gasteiger partial charge in [-0.3, -0.25) is 19.3 Å². The Kier molecular flexibility index (Phi) is 6.84. The van der Waals surface area contributed by atoms with Gasteiger partial charge in [0.1, 0.15) is 0 Å². The number of nitrogens with one attached hydrogen (secondary N) is 1. The molecule has 1 aromatic heterocycles. The van der Waals surface area contributed by atoms with Gasteiger partial charge in [-0.15, -0.1) is 0 Å². The van der Waals surface area contributed by atoms with Crippen molar-refractivity contribution in [1.29, 1.82) is 0 Å². The van der Waals surface area contributed by atoms with Crippen LogP contribution >= 0.6 is 0 Å². The lowest BCUT2D eigenvalue weighted by atomic mass is 10.0. The molecule has 2 aliphatic rings. The maximum atomic E-state index is 12.1. The largest absolute Gasteiger partial charge is 0.376 e. The molecule has 3 heterocycles. The summed E-state index contributed by atoms with van der Waals surface area (Å²) in [5.74, 6) is 0.138. The van der Waals surface area contributed by atoms with E-state index in [0.29, 0.717) is 25.2 Å². The smallest absolute Gasteiger partial charge is 0.234 e. The second kappa shape index (κ2) is 9.31. The van der Waals surface area contributed by atoms with E-state index in [2.05, 4.69) is 27.1 Å². The Hall–Kier alpha value is -1.44. The number of aryl methyl sites for hydroxylation is 1. The van der Waals surface area contributed by atoms with Crippen LogP contribution < -0.4 is 5.32 Å². The number of hydrogen-bond donors (Lipinski definition) is 1. The number of likely N-dealkylation sites (tertiary alicyclic amines) is 1. The first-order valence-electron chi connectivity index (χ1n) is 9.53. The van der Waals surface area contributed by atoms with Crippen LogP contribution in [0.3, 0.4) is 0 Å². The van der Waals surface area contributed by atoms with Gasteiger partial charge in [0.25, 0.3) is 0 Å². The van der Waals surface area contributed by atoms with E-state index >= 15 is 0 Å². The van der Waals surface area contributed by atoms with Crippen molar-refractivity contribution in [2.75, 3.05) is 45.9 Å². The van der Waals surface area contributed by atoms with E-state index < -0.39 is 0 Å². The summed E-state index contributed by atoms with van der Waals surface area (Å²) >= 11 is 0. The predicted molar refractivity (Wildman–Crippen MR) is 96.3 cm³/mol. The molecule has 0 aliphatic carbocycles. The molecule has 0 radical (unpaired) electrons. The molecule has 140 valence electrons. The highest BCUT2D eigenvalue weighted by atomic mass is 16.5. The maximum absolute atomic E-state index is 12.1. The average Bonchev–Trinajstić information content (AvgIpc) is 3.13. The third-order valence-corrected chi connectivity index (χ3v) is 5.16. The van der Waals surface area contributed by atoms with E-state index in [1.807, 2.05) is 16.9 Å². The van der Waals surface area contributed by atoms with Crippen LogP contribution in [-0.4, -0.2) is 83.5 Å². The van der Waals surface area contributed by atoms with Gasteiger partial charge in [-0.1, -0.05) is 0 Å². The quantitative estimate of drug-likeness (QED) is 0.730. The van der Waals surface area contributed by atoms with E-state index in [1.54, 1.807) is 6.20 Å². The molecule has 0 spiro atoms. The van der Waals surface area contributed by atoms with Crippen molar-refractivity contribution in [2.45, 2.75) is 44.9 Å². The number of amides is 1. The number of aromatic nitrogens is 2. The SMILES string of the molecule is CC1CN(C2CCN(CC(=O)NCCCn3cccn3)CC2)CCO1. The van der Waals surface area contributed by atoms with Crippen LogP contribution in [0.15, 0.2) is 18.5 Å². The lowest BCUT2D eigenvalue weighted by Gasteiger charge is -2.41. The van der Waals surface area contributed by atoms with Crippen molar-refractivity contribution in [1.82, 2.24) is 24.9 Å². The summed E-state index contributed by atoms with van der Waals surface area (Å²) in [6.45, 7) is 9.19. The van der Waals surface area contributed by atoms with E-state index in [9.17, 15) is 4.79 Å². The van der Waals surface area contributed by atoms with Crippen molar-refractivity contribution in [3.05, 3.63) is 18.5 Å². The Labute approximate surface area is 150 Å². The highest BCUT2D eigenvalue weighted by molar-refractivity contribution is 5.77. The van der Waals surface area contributed by atoms with E-state index in [4.69, 9.17) is 4.74 Å². The Morgan fingerprint density at radius 3 is 2.88 bits per heavy atom. The lowest BCUT2D eigenvalue weighted by molar-refractivity contribution is -0.122. The molecular formula is C18H31N5O2. The minimum absolute atomic E-state index is 0.138. The summed E-state index contributed by atoms with van der Waals surface area (Å²) in [6.07, 6.45) is 7.28. The Balaban J connectivity index is 1.28. The number of carbonyl (C=O) groups is 1. The zero-order valence-corrected chi connectivity index (χ0v) is 15.3. The number of morpholine rings is 1. The standard InChI is InChI=1S/C18H31N5O2/c1-16-14-22(12-13-25-16)17-4-10-21(11-5-17)15-18(24)19-6-2-8-23-9-3-7-20-23/h3,7,9,16-17H,2,4-6,8,10-15H2,1H3,(H,19,24). The molecule has 0 bridgehead atoms. The van der Waals surface area contributed by atoms with E-state index in [-0.39, 0.29) is 5.91 Å². The van der Waals surface area contributed by atoms with Crippen LogP contribution in [0.2, 0.25) is 0 Å². The highest BCUT2D eigenvalue weighted by Gasteiger charge is 2.28. The molecule has 2 fully saturated rings. The Bertz CT molecular complexity index is 514. The number of nitrogens with zero attached hydrogens (tertiary/aromatic N) is 4. The molecule has 0 aromatic carbocycles. The third-order valence-electron chi connectivity index (χ3n) is 5.16. The number of carbonyl (C=O) groups excluding carboxylic acids is 1. The molecule has 1 N–H and O–H groups in total. The van der Waals surface area contributed by atoms with E-state index in [0.717, 1.165) is 58.6 Å². The van der Waals surface area contributed by atoms with Gasteiger partial charge >= 0.3 is 0 Å². The van der Waals surface area contributed by atoms with Crippen molar-refractivity contribution < 1.29 is 9.53 Å². The molecule has 1 amide bonds. The topological polar surface area (TPSA) is 62.6 Å². The van der Waals surface area contributed by atoms with Crippen LogP contribution in [0.1, 0.15) is 26.2 Å². The van der Waals surface area contributed by atoms with E-state index in [1.165, 1.54) is 0 Å². The second-order valence-corrected chi connectivity index (χ2v) is 7.16. The molecule has 0 saturated carbocycles. The monoisotopic (exact) mass is 349 g/mol. The molecule has 1 atom stereocenters. The van der Waals surface area contributed by atoms with Gasteiger partial charge in [0, 0.05) is 57.7 Å². The predicted octanol–water partition coefficient (Wildman–Crippen LogP) is 0.575. The zero-order chi connectivity index (χ0) is 17.5. The molecule has 1 unspecified atom stereocenters. The van der Waals surface area contributed by atoms with Crippen LogP contribution in [0, 0.1) is 0 Å². The molecule has 3 rings (SSSR count). The molecule has 7 nitrogen and oxygen atoms in total.